The monoisotopic (exact) mass is 518 g/mol. The van der Waals surface area contributed by atoms with Gasteiger partial charge in [-0.3, -0.25) is 0 Å². The number of nitrogens with one attached hydrogen (secondary N) is 1. The molecule has 1 aliphatic heterocycles. The quantitative estimate of drug-likeness (QED) is 0.279. The van der Waals surface area contributed by atoms with Crippen LogP contribution < -0.4 is 10.2 Å². The molecule has 1 aliphatic rings. The summed E-state index contributed by atoms with van der Waals surface area (Å²) in [6.45, 7) is 3.26. The molecule has 0 amide bonds. The molecule has 0 aliphatic carbocycles. The molecule has 7 heteroatoms. The van der Waals surface area contributed by atoms with Crippen LogP contribution >= 0.6 is 0 Å². The number of nitrogens with zero attached hydrogens (tertiary/aromatic N) is 1. The molecule has 0 aromatic heterocycles. The normalized spacial score (nSPS) is 18.5. The smallest absolute Gasteiger partial charge is 0.335 e. The Morgan fingerprint density at radius 1 is 0.974 bits per heavy atom. The Labute approximate surface area is 219 Å². The Balaban J connectivity index is 1.40. The average Bonchev–Trinajstić information content (AvgIpc) is 2.91. The van der Waals surface area contributed by atoms with E-state index in [0.717, 1.165) is 17.5 Å². The van der Waals surface area contributed by atoms with Gasteiger partial charge in [-0.05, 0) is 65.9 Å². The number of benzene rings is 4. The lowest BCUT2D eigenvalue weighted by Crippen LogP contribution is -2.44. The van der Waals surface area contributed by atoms with E-state index in [0.29, 0.717) is 25.1 Å². The number of hydrogen-bond donors (Lipinski definition) is 2. The highest BCUT2D eigenvalue weighted by molar-refractivity contribution is 5.88. The van der Waals surface area contributed by atoms with Crippen LogP contribution in [0.4, 0.5) is 18.9 Å². The number of carboxylic acid groups (broad SMARTS) is 1. The van der Waals surface area contributed by atoms with E-state index in [1.807, 2.05) is 18.2 Å². The predicted molar refractivity (Wildman–Crippen MR) is 143 cm³/mol. The summed E-state index contributed by atoms with van der Waals surface area (Å²) in [5, 5.41) is 15.1. The molecule has 1 saturated heterocycles. The summed E-state index contributed by atoms with van der Waals surface area (Å²) in [6.07, 6.45) is 0.577. The van der Waals surface area contributed by atoms with E-state index in [1.54, 1.807) is 23.1 Å². The van der Waals surface area contributed by atoms with Crippen molar-refractivity contribution in [3.8, 4) is 0 Å². The molecule has 3 atom stereocenters. The van der Waals surface area contributed by atoms with Gasteiger partial charge in [-0.15, -0.1) is 0 Å². The number of anilines is 1. The molecule has 0 saturated carbocycles. The van der Waals surface area contributed by atoms with Crippen LogP contribution in [0.15, 0.2) is 78.9 Å². The lowest BCUT2D eigenvalue weighted by atomic mass is 9.80. The van der Waals surface area contributed by atoms with Crippen LogP contribution in [0.25, 0.3) is 10.8 Å². The number of halogens is 3. The van der Waals surface area contributed by atoms with Crippen molar-refractivity contribution in [2.24, 2.45) is 5.92 Å². The third-order valence-corrected chi connectivity index (χ3v) is 7.62. The van der Waals surface area contributed by atoms with Crippen LogP contribution in [0, 0.1) is 23.4 Å². The van der Waals surface area contributed by atoms with Crippen LogP contribution in [-0.2, 0) is 0 Å². The lowest BCUT2D eigenvalue weighted by molar-refractivity contribution is 0.0695. The van der Waals surface area contributed by atoms with Crippen molar-refractivity contribution in [1.29, 1.82) is 0 Å². The maximum absolute atomic E-state index is 15.0. The van der Waals surface area contributed by atoms with E-state index in [2.05, 4.69) is 36.5 Å². The zero-order valence-corrected chi connectivity index (χ0v) is 21.0. The second-order valence-corrected chi connectivity index (χ2v) is 9.91. The second-order valence-electron chi connectivity index (χ2n) is 9.91. The SMILES string of the molecule is C[C@@H](NCC1CCN(c2c(F)cc(C(=O)O)cc2F)CC1c1ccccc1F)c1cccc2ccccc12. The Kier molecular flexibility index (Phi) is 7.38. The van der Waals surface area contributed by atoms with Gasteiger partial charge < -0.3 is 15.3 Å². The van der Waals surface area contributed by atoms with Gasteiger partial charge in [-0.25, -0.2) is 18.0 Å². The van der Waals surface area contributed by atoms with Crippen molar-refractivity contribution in [2.45, 2.75) is 25.3 Å². The molecular formula is C31H29F3N2O2. The fourth-order valence-corrected chi connectivity index (χ4v) is 5.63. The molecule has 1 fully saturated rings. The van der Waals surface area contributed by atoms with Gasteiger partial charge >= 0.3 is 5.97 Å². The molecule has 0 radical (unpaired) electrons. The Morgan fingerprint density at radius 2 is 1.66 bits per heavy atom. The third kappa shape index (κ3) is 5.11. The topological polar surface area (TPSA) is 52.6 Å². The highest BCUT2D eigenvalue weighted by Crippen LogP contribution is 2.38. The summed E-state index contributed by atoms with van der Waals surface area (Å²) in [7, 11) is 0. The van der Waals surface area contributed by atoms with Crippen molar-refractivity contribution in [1.82, 2.24) is 5.32 Å². The molecule has 2 unspecified atom stereocenters. The molecule has 196 valence electrons. The van der Waals surface area contributed by atoms with Crippen molar-refractivity contribution < 1.29 is 23.1 Å². The molecule has 0 spiro atoms. The zero-order chi connectivity index (χ0) is 26.8. The molecule has 2 N–H and O–H groups in total. The molecular weight excluding hydrogens is 489 g/mol. The Bertz CT molecular complexity index is 1450. The lowest BCUT2D eigenvalue weighted by Gasteiger charge is -2.41. The van der Waals surface area contributed by atoms with Crippen LogP contribution in [0.3, 0.4) is 0 Å². The number of piperidine rings is 1. The van der Waals surface area contributed by atoms with Gasteiger partial charge in [0.2, 0.25) is 0 Å². The molecule has 4 aromatic rings. The first-order valence-corrected chi connectivity index (χ1v) is 12.8. The first-order valence-electron chi connectivity index (χ1n) is 12.8. The summed E-state index contributed by atoms with van der Waals surface area (Å²) < 4.78 is 44.8. The summed E-state index contributed by atoms with van der Waals surface area (Å²) in [5.74, 6) is -3.93. The highest BCUT2D eigenvalue weighted by Gasteiger charge is 2.34. The highest BCUT2D eigenvalue weighted by atomic mass is 19.1. The van der Waals surface area contributed by atoms with E-state index >= 15 is 0 Å². The maximum Gasteiger partial charge on any atom is 0.335 e. The van der Waals surface area contributed by atoms with Crippen molar-refractivity contribution in [3.05, 3.63) is 113 Å². The molecule has 1 heterocycles. The number of rotatable bonds is 7. The zero-order valence-electron chi connectivity index (χ0n) is 21.0. The third-order valence-electron chi connectivity index (χ3n) is 7.62. The average molecular weight is 519 g/mol. The van der Waals surface area contributed by atoms with Crippen LogP contribution in [0.5, 0.6) is 0 Å². The predicted octanol–water partition coefficient (Wildman–Crippen LogP) is 6.92. The van der Waals surface area contributed by atoms with Gasteiger partial charge in [0.25, 0.3) is 0 Å². The van der Waals surface area contributed by atoms with E-state index in [1.165, 1.54) is 17.0 Å². The number of fused-ring (bicyclic) bond motifs is 1. The minimum atomic E-state index is -1.40. The van der Waals surface area contributed by atoms with Gasteiger partial charge in [0.15, 0.2) is 0 Å². The molecule has 38 heavy (non-hydrogen) atoms. The molecule has 0 bridgehead atoms. The second kappa shape index (κ2) is 10.9. The van der Waals surface area contributed by atoms with Crippen LogP contribution in [-0.4, -0.2) is 30.7 Å². The summed E-state index contributed by atoms with van der Waals surface area (Å²) >= 11 is 0. The van der Waals surface area contributed by atoms with Gasteiger partial charge in [0.1, 0.15) is 23.1 Å². The van der Waals surface area contributed by atoms with Crippen molar-refractivity contribution in [3.63, 3.8) is 0 Å². The number of aromatic carboxylic acids is 1. The van der Waals surface area contributed by atoms with E-state index in [-0.39, 0.29) is 35.9 Å². The number of hydrogen-bond acceptors (Lipinski definition) is 3. The number of carboxylic acids is 1. The van der Waals surface area contributed by atoms with Gasteiger partial charge in [0.05, 0.1) is 5.56 Å². The van der Waals surface area contributed by atoms with Gasteiger partial charge in [-0.2, -0.15) is 0 Å². The Hall–Kier alpha value is -3.84. The summed E-state index contributed by atoms with van der Waals surface area (Å²) in [4.78, 5) is 12.8. The maximum atomic E-state index is 15.0. The fraction of sp³-hybridized carbons (Fsp3) is 0.258. The first kappa shape index (κ1) is 25.8. The van der Waals surface area contributed by atoms with E-state index in [4.69, 9.17) is 5.11 Å². The largest absolute Gasteiger partial charge is 0.478 e. The number of carbonyl (C=O) groups is 1. The van der Waals surface area contributed by atoms with Crippen LogP contribution in [0.2, 0.25) is 0 Å². The van der Waals surface area contributed by atoms with Crippen molar-refractivity contribution >= 4 is 22.4 Å². The summed E-state index contributed by atoms with van der Waals surface area (Å²) in [6, 6.07) is 22.7. The molecule has 4 aromatic carbocycles. The minimum absolute atomic E-state index is 0.0185. The van der Waals surface area contributed by atoms with Gasteiger partial charge in [-0.1, -0.05) is 60.7 Å². The first-order chi connectivity index (χ1) is 18.3. The van der Waals surface area contributed by atoms with Crippen LogP contribution in [0.1, 0.15) is 46.8 Å². The minimum Gasteiger partial charge on any atom is -0.478 e. The Morgan fingerprint density at radius 3 is 2.39 bits per heavy atom. The van der Waals surface area contributed by atoms with E-state index in [9.17, 15) is 18.0 Å². The molecule has 5 rings (SSSR count). The molecule has 4 nitrogen and oxygen atoms in total. The fourth-order valence-electron chi connectivity index (χ4n) is 5.63. The van der Waals surface area contributed by atoms with E-state index < -0.39 is 23.2 Å². The standard InChI is InChI=1S/C31H29F3N2O2/c1-19(23-11-6-8-20-7-2-3-9-24(20)23)35-17-21-13-14-36(18-26(21)25-10-4-5-12-27(25)32)30-28(33)15-22(31(37)38)16-29(30)34/h2-12,15-16,19,21,26,35H,13-14,17-18H2,1H3,(H,37,38)/t19-,21?,26?/m1/s1. The van der Waals surface area contributed by atoms with Gasteiger partial charge in [0, 0.05) is 25.0 Å². The summed E-state index contributed by atoms with van der Waals surface area (Å²) in [5.41, 5.74) is 0.957. The van der Waals surface area contributed by atoms with Crippen molar-refractivity contribution in [2.75, 3.05) is 24.5 Å².